The lowest BCUT2D eigenvalue weighted by molar-refractivity contribution is 0.532. The lowest BCUT2D eigenvalue weighted by Gasteiger charge is -2.12. The van der Waals surface area contributed by atoms with Gasteiger partial charge in [-0.2, -0.15) is 0 Å². The maximum absolute atomic E-state index is 6.34. The van der Waals surface area contributed by atoms with Crippen molar-refractivity contribution in [3.8, 4) is 0 Å². The van der Waals surface area contributed by atoms with Crippen LogP contribution in [0.2, 0.25) is 5.15 Å². The highest BCUT2D eigenvalue weighted by atomic mass is 35.5. The zero-order valence-electron chi connectivity index (χ0n) is 12.2. The number of nitrogens with zero attached hydrogens (tertiary/aromatic N) is 3. The molecule has 0 aliphatic heterocycles. The molecule has 1 aliphatic rings. The molecular formula is C17H17ClN4. The van der Waals surface area contributed by atoms with E-state index in [1.165, 1.54) is 25.7 Å². The highest BCUT2D eigenvalue weighted by Gasteiger charge is 2.22. The normalized spacial score (nSPS) is 15.5. The number of hydrogen-bond donors (Lipinski definition) is 1. The Morgan fingerprint density at radius 3 is 2.64 bits per heavy atom. The lowest BCUT2D eigenvalue weighted by Crippen LogP contribution is -2.03. The summed E-state index contributed by atoms with van der Waals surface area (Å²) < 4.78 is 2.27. The van der Waals surface area contributed by atoms with Crippen molar-refractivity contribution in [1.82, 2.24) is 14.5 Å². The van der Waals surface area contributed by atoms with E-state index in [9.17, 15) is 0 Å². The molecule has 2 heterocycles. The highest BCUT2D eigenvalue weighted by molar-refractivity contribution is 6.35. The summed E-state index contributed by atoms with van der Waals surface area (Å²) in [4.78, 5) is 8.63. The molecule has 112 valence electrons. The number of benzene rings is 1. The first kappa shape index (κ1) is 13.6. The lowest BCUT2D eigenvalue weighted by atomic mass is 10.2. The minimum absolute atomic E-state index is 0.500. The van der Waals surface area contributed by atoms with Crippen LogP contribution >= 0.6 is 11.6 Å². The van der Waals surface area contributed by atoms with Crippen molar-refractivity contribution < 1.29 is 0 Å². The fraction of sp³-hybridized carbons (Fsp3) is 0.294. The molecule has 3 aromatic rings. The Labute approximate surface area is 134 Å². The van der Waals surface area contributed by atoms with Gasteiger partial charge in [0.05, 0.1) is 11.1 Å². The molecule has 1 saturated carbocycles. The summed E-state index contributed by atoms with van der Waals surface area (Å²) in [7, 11) is 0. The van der Waals surface area contributed by atoms with Crippen LogP contribution in [0.1, 0.15) is 31.7 Å². The van der Waals surface area contributed by atoms with Gasteiger partial charge in [-0.25, -0.2) is 9.97 Å². The van der Waals surface area contributed by atoms with Crippen molar-refractivity contribution in [3.63, 3.8) is 0 Å². The van der Waals surface area contributed by atoms with E-state index in [-0.39, 0.29) is 0 Å². The van der Waals surface area contributed by atoms with Crippen LogP contribution in [0.3, 0.4) is 0 Å². The van der Waals surface area contributed by atoms with Crippen molar-refractivity contribution in [1.29, 1.82) is 0 Å². The van der Waals surface area contributed by atoms with E-state index in [2.05, 4.69) is 26.0 Å². The van der Waals surface area contributed by atoms with Gasteiger partial charge >= 0.3 is 0 Å². The number of para-hydroxylation sites is 1. The van der Waals surface area contributed by atoms with Gasteiger partial charge in [0, 0.05) is 17.9 Å². The molecule has 22 heavy (non-hydrogen) atoms. The third kappa shape index (κ3) is 2.33. The van der Waals surface area contributed by atoms with Crippen molar-refractivity contribution in [2.45, 2.75) is 31.7 Å². The smallest absolute Gasteiger partial charge is 0.147 e. The van der Waals surface area contributed by atoms with Crippen LogP contribution in [0.4, 0.5) is 11.4 Å². The Bertz CT molecular complexity index is 791. The fourth-order valence-electron chi connectivity index (χ4n) is 3.28. The predicted octanol–water partition coefficient (Wildman–Crippen LogP) is 4.94. The van der Waals surface area contributed by atoms with E-state index in [0.29, 0.717) is 11.2 Å². The molecule has 1 aliphatic carbocycles. The molecule has 1 aromatic carbocycles. The molecule has 2 aromatic heterocycles. The molecule has 4 nitrogen and oxygen atoms in total. The van der Waals surface area contributed by atoms with Crippen molar-refractivity contribution in [2.75, 3.05) is 5.32 Å². The summed E-state index contributed by atoms with van der Waals surface area (Å²) in [5.41, 5.74) is 2.93. The van der Waals surface area contributed by atoms with E-state index in [1.54, 1.807) is 6.33 Å². The van der Waals surface area contributed by atoms with Gasteiger partial charge in [0.2, 0.25) is 0 Å². The second-order valence-corrected chi connectivity index (χ2v) is 6.10. The number of aromatic nitrogens is 3. The minimum Gasteiger partial charge on any atom is -0.354 e. The topological polar surface area (TPSA) is 42.7 Å². The molecule has 5 heteroatoms. The highest BCUT2D eigenvalue weighted by Crippen LogP contribution is 2.38. The predicted molar refractivity (Wildman–Crippen MR) is 89.8 cm³/mol. The van der Waals surface area contributed by atoms with E-state index < -0.39 is 0 Å². The third-order valence-electron chi connectivity index (χ3n) is 4.33. The van der Waals surface area contributed by atoms with Crippen LogP contribution < -0.4 is 5.32 Å². The summed E-state index contributed by atoms with van der Waals surface area (Å²) in [6.45, 7) is 0. The Kier molecular flexibility index (Phi) is 3.47. The van der Waals surface area contributed by atoms with Gasteiger partial charge in [-0.3, -0.25) is 0 Å². The van der Waals surface area contributed by atoms with Crippen LogP contribution in [-0.4, -0.2) is 14.5 Å². The Morgan fingerprint density at radius 1 is 1.09 bits per heavy atom. The van der Waals surface area contributed by atoms with Gasteiger partial charge in [0.1, 0.15) is 17.1 Å². The summed E-state index contributed by atoms with van der Waals surface area (Å²) in [5, 5.41) is 4.85. The van der Waals surface area contributed by atoms with Crippen molar-refractivity contribution >= 4 is 34.0 Å². The average Bonchev–Trinajstić information content (AvgIpc) is 3.17. The summed E-state index contributed by atoms with van der Waals surface area (Å²) in [5.74, 6) is 0. The summed E-state index contributed by atoms with van der Waals surface area (Å²) >= 11 is 6.34. The van der Waals surface area contributed by atoms with E-state index >= 15 is 0 Å². The molecule has 0 radical (unpaired) electrons. The number of fused-ring (bicyclic) bond motifs is 1. The first-order valence-electron chi connectivity index (χ1n) is 7.66. The number of hydrogen-bond acceptors (Lipinski definition) is 3. The SMILES string of the molecule is Clc1ncnc2c1c(Nc1ccccc1)cn2C1CCCC1. The molecule has 4 rings (SSSR count). The fourth-order valence-corrected chi connectivity index (χ4v) is 3.51. The van der Waals surface area contributed by atoms with Gasteiger partial charge in [0.15, 0.2) is 0 Å². The van der Waals surface area contributed by atoms with E-state index in [4.69, 9.17) is 11.6 Å². The molecule has 0 amide bonds. The monoisotopic (exact) mass is 312 g/mol. The van der Waals surface area contributed by atoms with Gasteiger partial charge in [-0.15, -0.1) is 0 Å². The molecule has 0 unspecified atom stereocenters. The Hall–Kier alpha value is -2.07. The summed E-state index contributed by atoms with van der Waals surface area (Å²) in [6, 6.07) is 10.6. The van der Waals surface area contributed by atoms with Gasteiger partial charge < -0.3 is 9.88 Å². The van der Waals surface area contributed by atoms with Crippen LogP contribution in [-0.2, 0) is 0 Å². The van der Waals surface area contributed by atoms with Gasteiger partial charge in [-0.05, 0) is 25.0 Å². The molecule has 1 fully saturated rings. The first-order chi connectivity index (χ1) is 10.8. The second kappa shape index (κ2) is 5.61. The maximum atomic E-state index is 6.34. The number of anilines is 2. The van der Waals surface area contributed by atoms with Crippen molar-refractivity contribution in [3.05, 3.63) is 48.0 Å². The molecule has 0 spiro atoms. The number of rotatable bonds is 3. The zero-order valence-corrected chi connectivity index (χ0v) is 12.9. The Morgan fingerprint density at radius 2 is 1.86 bits per heavy atom. The third-order valence-corrected chi connectivity index (χ3v) is 4.62. The maximum Gasteiger partial charge on any atom is 0.147 e. The quantitative estimate of drug-likeness (QED) is 0.696. The van der Waals surface area contributed by atoms with Crippen LogP contribution in [0, 0.1) is 0 Å². The first-order valence-corrected chi connectivity index (χ1v) is 8.04. The average molecular weight is 313 g/mol. The standard InChI is InChI=1S/C17H17ClN4/c18-16-15-14(21-12-6-2-1-3-7-12)10-22(13-8-4-5-9-13)17(15)20-11-19-16/h1-3,6-7,10-11,13,21H,4-5,8-9H2. The van der Waals surface area contributed by atoms with Gasteiger partial charge in [0.25, 0.3) is 0 Å². The van der Waals surface area contributed by atoms with E-state index in [1.807, 2.05) is 30.3 Å². The molecular weight excluding hydrogens is 296 g/mol. The Balaban J connectivity index is 1.83. The number of nitrogens with one attached hydrogen (secondary N) is 1. The van der Waals surface area contributed by atoms with Crippen molar-refractivity contribution in [2.24, 2.45) is 0 Å². The molecule has 0 bridgehead atoms. The molecule has 0 saturated heterocycles. The zero-order chi connectivity index (χ0) is 14.9. The van der Waals surface area contributed by atoms with Crippen LogP contribution in [0.25, 0.3) is 11.0 Å². The summed E-state index contributed by atoms with van der Waals surface area (Å²) in [6.07, 6.45) is 8.65. The van der Waals surface area contributed by atoms with Gasteiger partial charge in [-0.1, -0.05) is 42.6 Å². The van der Waals surface area contributed by atoms with Crippen LogP contribution in [0.5, 0.6) is 0 Å². The molecule has 1 N–H and O–H groups in total. The second-order valence-electron chi connectivity index (χ2n) is 5.74. The van der Waals surface area contributed by atoms with Crippen LogP contribution in [0.15, 0.2) is 42.9 Å². The van der Waals surface area contributed by atoms with E-state index in [0.717, 1.165) is 22.4 Å². The minimum atomic E-state index is 0.500. The molecule has 0 atom stereocenters. The number of halogens is 1. The largest absolute Gasteiger partial charge is 0.354 e.